The Morgan fingerprint density at radius 3 is 2.43 bits per heavy atom. The SMILES string of the molecule is CCC(C)NC(=O)CSCC(C)(C)C. The number of hydrogen-bond donors (Lipinski definition) is 1. The maximum atomic E-state index is 11.4. The van der Waals surface area contributed by atoms with Crippen LogP contribution < -0.4 is 5.32 Å². The van der Waals surface area contributed by atoms with Gasteiger partial charge in [-0.25, -0.2) is 0 Å². The Balaban J connectivity index is 3.55. The van der Waals surface area contributed by atoms with Crippen molar-refractivity contribution in [1.82, 2.24) is 5.32 Å². The molecule has 0 spiro atoms. The van der Waals surface area contributed by atoms with E-state index < -0.39 is 0 Å². The molecule has 0 aromatic heterocycles. The van der Waals surface area contributed by atoms with Crippen molar-refractivity contribution >= 4 is 17.7 Å². The maximum absolute atomic E-state index is 11.4. The lowest BCUT2D eigenvalue weighted by Crippen LogP contribution is -2.33. The van der Waals surface area contributed by atoms with Gasteiger partial charge in [-0.2, -0.15) is 11.8 Å². The number of hydrogen-bond acceptors (Lipinski definition) is 2. The molecule has 2 nitrogen and oxygen atoms in total. The van der Waals surface area contributed by atoms with Crippen LogP contribution in [0.4, 0.5) is 0 Å². The fraction of sp³-hybridized carbons (Fsp3) is 0.909. The molecular weight excluding hydrogens is 194 g/mol. The Morgan fingerprint density at radius 2 is 2.00 bits per heavy atom. The van der Waals surface area contributed by atoms with Crippen LogP contribution >= 0.6 is 11.8 Å². The van der Waals surface area contributed by atoms with Gasteiger partial charge in [0.25, 0.3) is 0 Å². The molecule has 0 bridgehead atoms. The van der Waals surface area contributed by atoms with Crippen molar-refractivity contribution in [3.8, 4) is 0 Å². The molecule has 0 aliphatic carbocycles. The van der Waals surface area contributed by atoms with E-state index in [2.05, 4.69) is 33.0 Å². The quantitative estimate of drug-likeness (QED) is 0.767. The molecule has 0 heterocycles. The summed E-state index contributed by atoms with van der Waals surface area (Å²) in [5.74, 6) is 1.77. The third-order valence-electron chi connectivity index (χ3n) is 1.79. The van der Waals surface area contributed by atoms with Crippen molar-refractivity contribution in [2.45, 2.75) is 47.1 Å². The standard InChI is InChI=1S/C11H23NOS/c1-6-9(2)12-10(13)7-14-8-11(3,4)5/h9H,6-8H2,1-5H3,(H,12,13). The Kier molecular flexibility index (Phi) is 6.25. The molecule has 0 aromatic carbocycles. The Hall–Kier alpha value is -0.180. The van der Waals surface area contributed by atoms with Crippen LogP contribution in [0, 0.1) is 5.41 Å². The summed E-state index contributed by atoms with van der Waals surface area (Å²) in [6, 6.07) is 0.303. The van der Waals surface area contributed by atoms with E-state index in [-0.39, 0.29) is 5.91 Å². The summed E-state index contributed by atoms with van der Waals surface area (Å²) in [7, 11) is 0. The maximum Gasteiger partial charge on any atom is 0.230 e. The van der Waals surface area contributed by atoms with E-state index in [1.807, 2.05) is 6.92 Å². The van der Waals surface area contributed by atoms with Crippen LogP contribution in [0.25, 0.3) is 0 Å². The van der Waals surface area contributed by atoms with Crippen LogP contribution in [0.1, 0.15) is 41.0 Å². The number of carbonyl (C=O) groups is 1. The van der Waals surface area contributed by atoms with Gasteiger partial charge >= 0.3 is 0 Å². The van der Waals surface area contributed by atoms with Crippen molar-refractivity contribution < 1.29 is 4.79 Å². The monoisotopic (exact) mass is 217 g/mol. The van der Waals surface area contributed by atoms with Gasteiger partial charge in [0.2, 0.25) is 5.91 Å². The lowest BCUT2D eigenvalue weighted by Gasteiger charge is -2.17. The first-order chi connectivity index (χ1) is 6.35. The predicted octanol–water partition coefficient (Wildman–Crippen LogP) is 2.68. The minimum Gasteiger partial charge on any atom is -0.353 e. The number of nitrogens with one attached hydrogen (secondary N) is 1. The number of amides is 1. The molecule has 84 valence electrons. The Morgan fingerprint density at radius 1 is 1.43 bits per heavy atom. The summed E-state index contributed by atoms with van der Waals surface area (Å²) in [5, 5.41) is 2.96. The van der Waals surface area contributed by atoms with Crippen LogP contribution in [0.5, 0.6) is 0 Å². The van der Waals surface area contributed by atoms with Crippen LogP contribution in [-0.2, 0) is 4.79 Å². The van der Waals surface area contributed by atoms with Gasteiger partial charge in [0, 0.05) is 6.04 Å². The summed E-state index contributed by atoms with van der Waals surface area (Å²) in [4.78, 5) is 11.4. The molecule has 1 atom stereocenters. The van der Waals surface area contributed by atoms with E-state index in [0.29, 0.717) is 17.2 Å². The number of rotatable bonds is 5. The van der Waals surface area contributed by atoms with E-state index in [0.717, 1.165) is 12.2 Å². The Labute approximate surface area is 92.2 Å². The Bertz CT molecular complexity index is 175. The van der Waals surface area contributed by atoms with E-state index in [1.165, 1.54) is 0 Å². The van der Waals surface area contributed by atoms with Crippen molar-refractivity contribution in [2.24, 2.45) is 5.41 Å². The highest BCUT2D eigenvalue weighted by atomic mass is 32.2. The fourth-order valence-electron chi connectivity index (χ4n) is 0.868. The van der Waals surface area contributed by atoms with Crippen LogP contribution in [0.2, 0.25) is 0 Å². The topological polar surface area (TPSA) is 29.1 Å². The molecule has 1 unspecified atom stereocenters. The molecule has 0 saturated heterocycles. The van der Waals surface area contributed by atoms with Crippen molar-refractivity contribution in [3.05, 3.63) is 0 Å². The summed E-state index contributed by atoms with van der Waals surface area (Å²) in [6.07, 6.45) is 0.996. The lowest BCUT2D eigenvalue weighted by atomic mass is 10.0. The van der Waals surface area contributed by atoms with E-state index in [4.69, 9.17) is 0 Å². The average molecular weight is 217 g/mol. The van der Waals surface area contributed by atoms with Gasteiger partial charge in [-0.3, -0.25) is 4.79 Å². The first kappa shape index (κ1) is 13.8. The molecule has 1 amide bonds. The van der Waals surface area contributed by atoms with Crippen LogP contribution in [-0.4, -0.2) is 23.5 Å². The molecule has 0 fully saturated rings. The summed E-state index contributed by atoms with van der Waals surface area (Å²) >= 11 is 1.71. The minimum atomic E-state index is 0.161. The molecule has 1 N–H and O–H groups in total. The largest absolute Gasteiger partial charge is 0.353 e. The fourth-order valence-corrected chi connectivity index (χ4v) is 1.85. The second-order valence-electron chi connectivity index (χ2n) is 4.93. The zero-order valence-corrected chi connectivity index (χ0v) is 10.8. The summed E-state index contributed by atoms with van der Waals surface area (Å²) in [5.41, 5.74) is 0.307. The molecule has 3 heteroatoms. The zero-order chi connectivity index (χ0) is 11.2. The highest BCUT2D eigenvalue weighted by Crippen LogP contribution is 2.19. The normalized spacial score (nSPS) is 13.8. The smallest absolute Gasteiger partial charge is 0.230 e. The first-order valence-corrected chi connectivity index (χ1v) is 6.37. The molecule has 0 saturated carbocycles. The van der Waals surface area contributed by atoms with E-state index in [9.17, 15) is 4.79 Å². The minimum absolute atomic E-state index is 0.161. The van der Waals surface area contributed by atoms with Gasteiger partial charge in [-0.15, -0.1) is 0 Å². The van der Waals surface area contributed by atoms with Crippen molar-refractivity contribution in [2.75, 3.05) is 11.5 Å². The van der Waals surface area contributed by atoms with E-state index >= 15 is 0 Å². The lowest BCUT2D eigenvalue weighted by molar-refractivity contribution is -0.119. The van der Waals surface area contributed by atoms with Crippen molar-refractivity contribution in [1.29, 1.82) is 0 Å². The molecule has 0 aliphatic heterocycles. The summed E-state index contributed by atoms with van der Waals surface area (Å²) in [6.45, 7) is 10.7. The highest BCUT2D eigenvalue weighted by Gasteiger charge is 2.12. The van der Waals surface area contributed by atoms with Gasteiger partial charge < -0.3 is 5.32 Å². The zero-order valence-electron chi connectivity index (χ0n) is 10.0. The second-order valence-corrected chi connectivity index (χ2v) is 5.92. The predicted molar refractivity (Wildman–Crippen MR) is 64.7 cm³/mol. The average Bonchev–Trinajstić information content (AvgIpc) is 2.01. The van der Waals surface area contributed by atoms with Gasteiger partial charge in [-0.05, 0) is 24.5 Å². The molecule has 14 heavy (non-hydrogen) atoms. The molecule has 0 rings (SSSR count). The van der Waals surface area contributed by atoms with Gasteiger partial charge in [0.1, 0.15) is 0 Å². The van der Waals surface area contributed by atoms with Crippen LogP contribution in [0.15, 0.2) is 0 Å². The molecule has 0 radical (unpaired) electrons. The van der Waals surface area contributed by atoms with Crippen LogP contribution in [0.3, 0.4) is 0 Å². The third-order valence-corrected chi connectivity index (χ3v) is 3.32. The summed E-state index contributed by atoms with van der Waals surface area (Å²) < 4.78 is 0. The van der Waals surface area contributed by atoms with Gasteiger partial charge in [-0.1, -0.05) is 27.7 Å². The number of thioether (sulfide) groups is 1. The first-order valence-electron chi connectivity index (χ1n) is 5.22. The van der Waals surface area contributed by atoms with Crippen molar-refractivity contribution in [3.63, 3.8) is 0 Å². The molecular formula is C11H23NOS. The highest BCUT2D eigenvalue weighted by molar-refractivity contribution is 7.99. The third kappa shape index (κ3) is 8.42. The molecule has 0 aromatic rings. The van der Waals surface area contributed by atoms with Gasteiger partial charge in [0.15, 0.2) is 0 Å². The van der Waals surface area contributed by atoms with E-state index in [1.54, 1.807) is 11.8 Å². The molecule has 0 aliphatic rings. The number of carbonyl (C=O) groups excluding carboxylic acids is 1. The second kappa shape index (κ2) is 6.33. The van der Waals surface area contributed by atoms with Gasteiger partial charge in [0.05, 0.1) is 5.75 Å².